The monoisotopic (exact) mass is 394 g/mol. The topological polar surface area (TPSA) is 50.1 Å². The van der Waals surface area contributed by atoms with Crippen molar-refractivity contribution in [2.24, 2.45) is 0 Å². The van der Waals surface area contributed by atoms with Crippen molar-refractivity contribution in [2.75, 3.05) is 26.2 Å². The molecule has 156 valence electrons. The van der Waals surface area contributed by atoms with E-state index in [-0.39, 0.29) is 6.04 Å². The molecule has 6 heteroatoms. The van der Waals surface area contributed by atoms with Crippen LogP contribution in [-0.4, -0.2) is 62.2 Å². The van der Waals surface area contributed by atoms with Crippen LogP contribution in [-0.2, 0) is 0 Å². The molecule has 0 bridgehead atoms. The molecule has 0 radical (unpaired) electrons. The molecule has 2 heterocycles. The van der Waals surface area contributed by atoms with Crippen molar-refractivity contribution in [3.8, 4) is 0 Å². The van der Waals surface area contributed by atoms with Crippen LogP contribution in [0.1, 0.15) is 81.3 Å². The van der Waals surface area contributed by atoms with E-state index in [0.717, 1.165) is 25.0 Å². The summed E-state index contributed by atoms with van der Waals surface area (Å²) >= 11 is 0. The van der Waals surface area contributed by atoms with Gasteiger partial charge >= 0.3 is 0 Å². The molecule has 2 aromatic rings. The Kier molecular flexibility index (Phi) is 5.90. The van der Waals surface area contributed by atoms with E-state index < -0.39 is 0 Å². The third-order valence-corrected chi connectivity index (χ3v) is 7.35. The minimum absolute atomic E-state index is 0.152. The third kappa shape index (κ3) is 4.10. The molecule has 2 saturated carbocycles. The van der Waals surface area contributed by atoms with Crippen molar-refractivity contribution in [1.29, 1.82) is 0 Å². The second-order valence-electron chi connectivity index (χ2n) is 9.10. The lowest BCUT2D eigenvalue weighted by molar-refractivity contribution is 0.0760. The van der Waals surface area contributed by atoms with Crippen LogP contribution in [0.2, 0.25) is 0 Å². The van der Waals surface area contributed by atoms with Gasteiger partial charge in [0.15, 0.2) is 5.82 Å². The predicted octanol–water partition coefficient (Wildman–Crippen LogP) is 3.83. The highest BCUT2D eigenvalue weighted by atomic mass is 15.6. The van der Waals surface area contributed by atoms with E-state index in [0.29, 0.717) is 6.04 Å². The maximum atomic E-state index is 4.59. The van der Waals surface area contributed by atoms with Crippen LogP contribution in [0.3, 0.4) is 0 Å². The van der Waals surface area contributed by atoms with Gasteiger partial charge in [-0.1, -0.05) is 62.4 Å². The van der Waals surface area contributed by atoms with Crippen LogP contribution < -0.4 is 0 Å². The Labute approximate surface area is 174 Å². The molecule has 2 aliphatic carbocycles. The zero-order valence-electron chi connectivity index (χ0n) is 17.5. The summed E-state index contributed by atoms with van der Waals surface area (Å²) in [5, 5.41) is 13.2. The fraction of sp³-hybridized carbons (Fsp3) is 0.696. The lowest BCUT2D eigenvalue weighted by atomic mass is 9.95. The van der Waals surface area contributed by atoms with Crippen LogP contribution in [0, 0.1) is 0 Å². The van der Waals surface area contributed by atoms with E-state index in [2.05, 4.69) is 60.3 Å². The second-order valence-corrected chi connectivity index (χ2v) is 9.10. The highest BCUT2D eigenvalue weighted by molar-refractivity contribution is 5.25. The van der Waals surface area contributed by atoms with Gasteiger partial charge in [0.1, 0.15) is 0 Å². The Balaban J connectivity index is 1.39. The largest absolute Gasteiger partial charge is 0.298 e. The summed E-state index contributed by atoms with van der Waals surface area (Å²) in [5.41, 5.74) is 1.31. The molecule has 0 N–H and O–H groups in total. The number of hydrogen-bond donors (Lipinski definition) is 0. The fourth-order valence-corrected chi connectivity index (χ4v) is 5.75. The normalized spacial score (nSPS) is 24.1. The minimum atomic E-state index is 0.152. The molecule has 6 nitrogen and oxygen atoms in total. The summed E-state index contributed by atoms with van der Waals surface area (Å²) in [5.74, 6) is 1.04. The van der Waals surface area contributed by atoms with Crippen LogP contribution in [0.15, 0.2) is 30.3 Å². The third-order valence-electron chi connectivity index (χ3n) is 7.35. The van der Waals surface area contributed by atoms with Crippen LogP contribution in [0.25, 0.3) is 0 Å². The van der Waals surface area contributed by atoms with Gasteiger partial charge in [-0.25, -0.2) is 4.68 Å². The van der Waals surface area contributed by atoms with E-state index in [1.165, 1.54) is 76.4 Å². The molecule has 1 saturated heterocycles. The van der Waals surface area contributed by atoms with Crippen molar-refractivity contribution < 1.29 is 0 Å². The first kappa shape index (κ1) is 19.2. The predicted molar refractivity (Wildman–Crippen MR) is 114 cm³/mol. The van der Waals surface area contributed by atoms with E-state index >= 15 is 0 Å². The molecular weight excluding hydrogens is 360 g/mol. The Bertz CT molecular complexity index is 755. The lowest BCUT2D eigenvalue weighted by Crippen LogP contribution is -2.51. The van der Waals surface area contributed by atoms with Gasteiger partial charge in [0.05, 0.1) is 12.1 Å². The zero-order valence-corrected chi connectivity index (χ0v) is 17.5. The molecule has 5 rings (SSSR count). The number of benzene rings is 1. The highest BCUT2D eigenvalue weighted by Crippen LogP contribution is 2.34. The van der Waals surface area contributed by atoms with Crippen molar-refractivity contribution in [1.82, 2.24) is 30.0 Å². The summed E-state index contributed by atoms with van der Waals surface area (Å²) in [6, 6.07) is 12.3. The Morgan fingerprint density at radius 3 is 2.14 bits per heavy atom. The molecular formula is C23H34N6. The second kappa shape index (κ2) is 8.92. The zero-order chi connectivity index (χ0) is 19.5. The number of nitrogens with zero attached hydrogens (tertiary/aromatic N) is 6. The SMILES string of the molecule is c1ccc([C@@H](c2nnnn2C2CCCCC2)N2CCN(C3CCCC3)CC2)cc1. The Morgan fingerprint density at radius 2 is 1.41 bits per heavy atom. The molecule has 1 aromatic heterocycles. The molecule has 0 unspecified atom stereocenters. The number of hydrogen-bond acceptors (Lipinski definition) is 5. The average molecular weight is 395 g/mol. The van der Waals surface area contributed by atoms with Gasteiger partial charge in [-0.3, -0.25) is 9.80 Å². The van der Waals surface area contributed by atoms with Crippen molar-refractivity contribution in [3.63, 3.8) is 0 Å². The molecule has 1 aromatic carbocycles. The molecule has 1 atom stereocenters. The highest BCUT2D eigenvalue weighted by Gasteiger charge is 2.34. The van der Waals surface area contributed by atoms with Gasteiger partial charge in [0.25, 0.3) is 0 Å². The van der Waals surface area contributed by atoms with E-state index in [1.807, 2.05) is 0 Å². The van der Waals surface area contributed by atoms with Crippen LogP contribution >= 0.6 is 0 Å². The Morgan fingerprint density at radius 1 is 0.759 bits per heavy atom. The van der Waals surface area contributed by atoms with Crippen LogP contribution in [0.5, 0.6) is 0 Å². The number of aromatic nitrogens is 4. The standard InChI is InChI=1S/C23H34N6/c1-3-9-19(10-4-1)22(23-24-25-26-29(23)21-13-5-2-6-14-21)28-17-15-27(16-18-28)20-11-7-8-12-20/h1,3-4,9-10,20-22H,2,5-8,11-18H2/t22-/m0/s1. The van der Waals surface area contributed by atoms with Gasteiger partial charge < -0.3 is 0 Å². The molecule has 1 aliphatic heterocycles. The van der Waals surface area contributed by atoms with Crippen LogP contribution in [0.4, 0.5) is 0 Å². The molecule has 0 amide bonds. The van der Waals surface area contributed by atoms with Crippen molar-refractivity contribution >= 4 is 0 Å². The lowest BCUT2D eigenvalue weighted by Gasteiger charge is -2.41. The molecule has 29 heavy (non-hydrogen) atoms. The molecule has 0 spiro atoms. The smallest absolute Gasteiger partial charge is 0.173 e. The van der Waals surface area contributed by atoms with Gasteiger partial charge in [0, 0.05) is 32.2 Å². The van der Waals surface area contributed by atoms with E-state index in [4.69, 9.17) is 0 Å². The first-order chi connectivity index (χ1) is 14.4. The van der Waals surface area contributed by atoms with Gasteiger partial charge in [-0.15, -0.1) is 5.10 Å². The summed E-state index contributed by atoms with van der Waals surface area (Å²) in [6.45, 7) is 4.51. The van der Waals surface area contributed by atoms with Crippen molar-refractivity contribution in [3.05, 3.63) is 41.7 Å². The maximum absolute atomic E-state index is 4.59. The summed E-state index contributed by atoms with van der Waals surface area (Å²) in [6.07, 6.45) is 11.9. The average Bonchev–Trinajstić information content (AvgIpc) is 3.49. The quantitative estimate of drug-likeness (QED) is 0.771. The fourth-order valence-electron chi connectivity index (χ4n) is 5.75. The summed E-state index contributed by atoms with van der Waals surface area (Å²) in [7, 11) is 0. The van der Waals surface area contributed by atoms with E-state index in [1.54, 1.807) is 0 Å². The molecule has 3 aliphatic rings. The van der Waals surface area contributed by atoms with Crippen molar-refractivity contribution in [2.45, 2.75) is 75.9 Å². The number of rotatable bonds is 5. The number of tetrazole rings is 1. The maximum Gasteiger partial charge on any atom is 0.173 e. The van der Waals surface area contributed by atoms with Gasteiger partial charge in [-0.05, 0) is 41.7 Å². The minimum Gasteiger partial charge on any atom is -0.298 e. The summed E-state index contributed by atoms with van der Waals surface area (Å²) < 4.78 is 2.17. The first-order valence-corrected chi connectivity index (χ1v) is 11.7. The summed E-state index contributed by atoms with van der Waals surface area (Å²) in [4.78, 5) is 5.35. The van der Waals surface area contributed by atoms with E-state index in [9.17, 15) is 0 Å². The Hall–Kier alpha value is -1.79. The van der Waals surface area contributed by atoms with Gasteiger partial charge in [0.2, 0.25) is 0 Å². The molecule has 3 fully saturated rings. The number of piperazine rings is 1. The van der Waals surface area contributed by atoms with Gasteiger partial charge in [-0.2, -0.15) is 0 Å². The first-order valence-electron chi connectivity index (χ1n) is 11.7.